The third-order valence-electron chi connectivity index (χ3n) is 4.88. The number of carbonyl (C=O) groups is 1. The topological polar surface area (TPSA) is 35.5 Å². The fourth-order valence-corrected chi connectivity index (χ4v) is 3.95. The van der Waals surface area contributed by atoms with Gasteiger partial charge in [0.05, 0.1) is 12.5 Å². The van der Waals surface area contributed by atoms with Crippen LogP contribution < -0.4 is 0 Å². The van der Waals surface area contributed by atoms with Crippen LogP contribution in [-0.4, -0.2) is 24.8 Å². The maximum absolute atomic E-state index is 12.0. The highest BCUT2D eigenvalue weighted by atomic mass is 16.6. The van der Waals surface area contributed by atoms with Crippen LogP contribution in [0.1, 0.15) is 52.9 Å². The van der Waals surface area contributed by atoms with E-state index >= 15 is 0 Å². The molecule has 0 aromatic carbocycles. The van der Waals surface area contributed by atoms with Gasteiger partial charge in [-0.25, -0.2) is 0 Å². The molecule has 18 heavy (non-hydrogen) atoms. The molecule has 3 rings (SSSR count). The van der Waals surface area contributed by atoms with E-state index in [-0.39, 0.29) is 22.9 Å². The molecule has 0 amide bonds. The van der Waals surface area contributed by atoms with Gasteiger partial charge in [0.15, 0.2) is 0 Å². The van der Waals surface area contributed by atoms with E-state index in [1.807, 2.05) is 0 Å². The zero-order valence-electron chi connectivity index (χ0n) is 11.7. The number of ether oxygens (including phenoxy) is 2. The molecule has 3 atom stereocenters. The average molecular weight is 252 g/mol. The molecule has 1 saturated heterocycles. The molecule has 2 saturated carbocycles. The van der Waals surface area contributed by atoms with Crippen molar-refractivity contribution in [2.75, 3.05) is 6.61 Å². The Morgan fingerprint density at radius 3 is 2.67 bits per heavy atom. The molecule has 0 aromatic heterocycles. The predicted octanol–water partition coefficient (Wildman–Crippen LogP) is 2.92. The number of fused-ring (bicyclic) bond motifs is 2. The highest BCUT2D eigenvalue weighted by molar-refractivity contribution is 5.70. The Hall–Kier alpha value is -0.570. The molecule has 3 aliphatic rings. The van der Waals surface area contributed by atoms with Crippen LogP contribution in [-0.2, 0) is 14.3 Å². The SMILES string of the molecule is CC(C)(C)CC(=O)O[C@@H]1[C@@H]2CCO[C@H]2C12CCC2. The van der Waals surface area contributed by atoms with Crippen molar-refractivity contribution < 1.29 is 14.3 Å². The molecule has 2 aliphatic carbocycles. The summed E-state index contributed by atoms with van der Waals surface area (Å²) in [6, 6.07) is 0. The van der Waals surface area contributed by atoms with Crippen LogP contribution in [0.15, 0.2) is 0 Å². The van der Waals surface area contributed by atoms with E-state index in [2.05, 4.69) is 20.8 Å². The monoisotopic (exact) mass is 252 g/mol. The third kappa shape index (κ3) is 1.78. The first-order chi connectivity index (χ1) is 8.42. The Morgan fingerprint density at radius 2 is 2.11 bits per heavy atom. The van der Waals surface area contributed by atoms with E-state index in [0.29, 0.717) is 18.4 Å². The molecule has 0 unspecified atom stereocenters. The van der Waals surface area contributed by atoms with Crippen molar-refractivity contribution in [3.63, 3.8) is 0 Å². The first-order valence-electron chi connectivity index (χ1n) is 7.23. The van der Waals surface area contributed by atoms with Crippen LogP contribution in [0.4, 0.5) is 0 Å². The number of hydrogen-bond donors (Lipinski definition) is 0. The Bertz CT molecular complexity index is 351. The predicted molar refractivity (Wildman–Crippen MR) is 68.1 cm³/mol. The summed E-state index contributed by atoms with van der Waals surface area (Å²) < 4.78 is 11.6. The lowest BCUT2D eigenvalue weighted by Crippen LogP contribution is -2.67. The minimum atomic E-state index is -0.0240. The maximum Gasteiger partial charge on any atom is 0.306 e. The van der Waals surface area contributed by atoms with E-state index in [1.54, 1.807) is 0 Å². The van der Waals surface area contributed by atoms with Gasteiger partial charge >= 0.3 is 5.97 Å². The van der Waals surface area contributed by atoms with E-state index in [0.717, 1.165) is 13.0 Å². The van der Waals surface area contributed by atoms with E-state index < -0.39 is 0 Å². The fraction of sp³-hybridized carbons (Fsp3) is 0.933. The molecule has 0 bridgehead atoms. The lowest BCUT2D eigenvalue weighted by Gasteiger charge is -2.61. The number of esters is 1. The molecule has 1 aliphatic heterocycles. The third-order valence-corrected chi connectivity index (χ3v) is 4.88. The van der Waals surface area contributed by atoms with E-state index in [9.17, 15) is 4.79 Å². The van der Waals surface area contributed by atoms with Gasteiger partial charge in [0.2, 0.25) is 0 Å². The minimum Gasteiger partial charge on any atom is -0.461 e. The van der Waals surface area contributed by atoms with Crippen molar-refractivity contribution in [1.29, 1.82) is 0 Å². The summed E-state index contributed by atoms with van der Waals surface area (Å²) in [5.74, 6) is 0.457. The first kappa shape index (κ1) is 12.5. The van der Waals surface area contributed by atoms with Crippen LogP contribution in [0.5, 0.6) is 0 Å². The summed E-state index contributed by atoms with van der Waals surface area (Å²) in [7, 11) is 0. The second-order valence-electron chi connectivity index (χ2n) is 7.48. The zero-order valence-corrected chi connectivity index (χ0v) is 11.7. The summed E-state index contributed by atoms with van der Waals surface area (Å²) in [5, 5.41) is 0. The van der Waals surface area contributed by atoms with Crippen molar-refractivity contribution in [1.82, 2.24) is 0 Å². The van der Waals surface area contributed by atoms with Crippen LogP contribution in [0.25, 0.3) is 0 Å². The van der Waals surface area contributed by atoms with Crippen LogP contribution in [0.2, 0.25) is 0 Å². The molecule has 3 heteroatoms. The zero-order chi connectivity index (χ0) is 13.0. The number of rotatable bonds is 2. The molecule has 0 N–H and O–H groups in total. The summed E-state index contributed by atoms with van der Waals surface area (Å²) in [6.07, 6.45) is 5.74. The summed E-state index contributed by atoms with van der Waals surface area (Å²) >= 11 is 0. The molecule has 1 spiro atoms. The fourth-order valence-electron chi connectivity index (χ4n) is 3.95. The molecule has 102 valence electrons. The van der Waals surface area contributed by atoms with Gasteiger partial charge in [0.1, 0.15) is 6.10 Å². The summed E-state index contributed by atoms with van der Waals surface area (Å²) in [6.45, 7) is 7.09. The second kappa shape index (κ2) is 3.96. The van der Waals surface area contributed by atoms with Crippen molar-refractivity contribution in [2.24, 2.45) is 16.7 Å². The normalized spacial score (nSPS) is 36.7. The highest BCUT2D eigenvalue weighted by Crippen LogP contribution is 2.64. The number of carbonyl (C=O) groups excluding carboxylic acids is 1. The first-order valence-corrected chi connectivity index (χ1v) is 7.23. The molecular formula is C15H24O3. The molecule has 1 heterocycles. The average Bonchev–Trinajstić information content (AvgIpc) is 2.54. The largest absolute Gasteiger partial charge is 0.461 e. The molecule has 3 fully saturated rings. The van der Waals surface area contributed by atoms with Crippen molar-refractivity contribution in [2.45, 2.75) is 65.1 Å². The number of hydrogen-bond acceptors (Lipinski definition) is 3. The van der Waals surface area contributed by atoms with Gasteiger partial charge in [0, 0.05) is 17.9 Å². The van der Waals surface area contributed by atoms with Gasteiger partial charge in [-0.05, 0) is 24.7 Å². The van der Waals surface area contributed by atoms with Crippen molar-refractivity contribution in [3.8, 4) is 0 Å². The van der Waals surface area contributed by atoms with Crippen molar-refractivity contribution >= 4 is 5.97 Å². The highest BCUT2D eigenvalue weighted by Gasteiger charge is 2.68. The Labute approximate surface area is 109 Å². The van der Waals surface area contributed by atoms with Crippen LogP contribution in [0, 0.1) is 16.7 Å². The van der Waals surface area contributed by atoms with E-state index in [1.165, 1.54) is 19.3 Å². The summed E-state index contributed by atoms with van der Waals surface area (Å²) in [5.41, 5.74) is 0.216. The molecule has 3 nitrogen and oxygen atoms in total. The molecular weight excluding hydrogens is 228 g/mol. The van der Waals surface area contributed by atoms with Crippen LogP contribution >= 0.6 is 0 Å². The smallest absolute Gasteiger partial charge is 0.306 e. The van der Waals surface area contributed by atoms with Gasteiger partial charge in [0.25, 0.3) is 0 Å². The quantitative estimate of drug-likeness (QED) is 0.709. The standard InChI is InChI=1S/C15H24O3/c1-14(2,3)9-11(16)18-13-10-5-8-17-12(10)15(13)6-4-7-15/h10,12-13H,4-9H2,1-3H3/t10-,12-,13-/m1/s1. The maximum atomic E-state index is 12.0. The second-order valence-corrected chi connectivity index (χ2v) is 7.48. The summed E-state index contributed by atoms with van der Waals surface area (Å²) in [4.78, 5) is 12.0. The Kier molecular flexibility index (Phi) is 2.74. The minimum absolute atomic E-state index is 0.0131. The lowest BCUT2D eigenvalue weighted by molar-refractivity contribution is -0.249. The molecule has 0 aromatic rings. The lowest BCUT2D eigenvalue weighted by atomic mass is 9.47. The molecule has 0 radical (unpaired) electrons. The van der Waals surface area contributed by atoms with E-state index in [4.69, 9.17) is 9.47 Å². The van der Waals surface area contributed by atoms with Gasteiger partial charge < -0.3 is 9.47 Å². The Morgan fingerprint density at radius 1 is 1.39 bits per heavy atom. The Balaban J connectivity index is 1.64. The van der Waals surface area contributed by atoms with Crippen molar-refractivity contribution in [3.05, 3.63) is 0 Å². The van der Waals surface area contributed by atoms with Crippen LogP contribution in [0.3, 0.4) is 0 Å². The van der Waals surface area contributed by atoms with Gasteiger partial charge in [-0.2, -0.15) is 0 Å². The van der Waals surface area contributed by atoms with Gasteiger partial charge in [-0.3, -0.25) is 4.79 Å². The van der Waals surface area contributed by atoms with Gasteiger partial charge in [-0.1, -0.05) is 27.2 Å². The van der Waals surface area contributed by atoms with Gasteiger partial charge in [-0.15, -0.1) is 0 Å².